The Morgan fingerprint density at radius 1 is 1.21 bits per heavy atom. The van der Waals surface area contributed by atoms with Crippen molar-refractivity contribution in [2.45, 2.75) is 65.9 Å². The Kier molecular flexibility index (Phi) is 5.48. The Balaban J connectivity index is 1.53. The lowest BCUT2D eigenvalue weighted by Crippen LogP contribution is -2.31. The molecule has 1 amide bonds. The highest BCUT2D eigenvalue weighted by Gasteiger charge is 2.27. The second-order valence-corrected chi connectivity index (χ2v) is 8.57. The number of carbonyl (C=O) groups excluding carboxylic acids is 1. The van der Waals surface area contributed by atoms with Crippen LogP contribution < -0.4 is 10.2 Å². The lowest BCUT2D eigenvalue weighted by Gasteiger charge is -2.32. The molecule has 2 heterocycles. The summed E-state index contributed by atoms with van der Waals surface area (Å²) in [7, 11) is 0. The molecular weight excluding hydrogens is 362 g/mol. The van der Waals surface area contributed by atoms with Gasteiger partial charge in [-0.15, -0.1) is 0 Å². The number of pyridine rings is 1. The van der Waals surface area contributed by atoms with Gasteiger partial charge in [0.05, 0.1) is 11.4 Å². The van der Waals surface area contributed by atoms with Gasteiger partial charge in [0.15, 0.2) is 0 Å². The number of hydrogen-bond donors (Lipinski definition) is 1. The summed E-state index contributed by atoms with van der Waals surface area (Å²) in [6.07, 6.45) is 5.34. The summed E-state index contributed by atoms with van der Waals surface area (Å²) in [6, 6.07) is 8.71. The second kappa shape index (κ2) is 8.05. The van der Waals surface area contributed by atoms with Crippen molar-refractivity contribution in [2.75, 3.05) is 16.8 Å². The first-order valence-electron chi connectivity index (χ1n) is 10.8. The van der Waals surface area contributed by atoms with Gasteiger partial charge in [-0.1, -0.05) is 18.6 Å². The monoisotopic (exact) mass is 393 g/mol. The van der Waals surface area contributed by atoms with Gasteiger partial charge in [0, 0.05) is 12.2 Å². The van der Waals surface area contributed by atoms with Crippen molar-refractivity contribution in [1.82, 2.24) is 4.98 Å². The maximum atomic E-state index is 12.4. The molecule has 4 rings (SSSR count). The summed E-state index contributed by atoms with van der Waals surface area (Å²) in [5.41, 5.74) is 6.44. The number of carbonyl (C=O) groups is 1. The fraction of sp³-hybridized carbons (Fsp3) is 0.500. The van der Waals surface area contributed by atoms with E-state index >= 15 is 0 Å². The maximum Gasteiger partial charge on any atom is 0.411 e. The van der Waals surface area contributed by atoms with E-state index in [1.165, 1.54) is 23.2 Å². The minimum atomic E-state index is -0.385. The van der Waals surface area contributed by atoms with Crippen LogP contribution in [0.5, 0.6) is 0 Å². The molecule has 5 nitrogen and oxygen atoms in total. The van der Waals surface area contributed by atoms with Crippen molar-refractivity contribution in [3.63, 3.8) is 0 Å². The van der Waals surface area contributed by atoms with E-state index in [0.29, 0.717) is 5.92 Å². The first-order chi connectivity index (χ1) is 13.9. The molecule has 1 aliphatic carbocycles. The average Bonchev–Trinajstić information content (AvgIpc) is 2.62. The van der Waals surface area contributed by atoms with Crippen molar-refractivity contribution >= 4 is 23.3 Å². The molecule has 0 saturated heterocycles. The van der Waals surface area contributed by atoms with Crippen molar-refractivity contribution in [2.24, 2.45) is 5.92 Å². The molecule has 1 N–H and O–H groups in total. The second-order valence-electron chi connectivity index (χ2n) is 8.57. The molecule has 0 spiro atoms. The highest BCUT2D eigenvalue weighted by molar-refractivity contribution is 5.87. The number of aryl methyl sites for hydroxylation is 4. The van der Waals surface area contributed by atoms with Crippen molar-refractivity contribution in [3.05, 3.63) is 46.6 Å². The summed E-state index contributed by atoms with van der Waals surface area (Å²) < 4.78 is 5.59. The van der Waals surface area contributed by atoms with Gasteiger partial charge in [-0.25, -0.2) is 9.78 Å². The first kappa shape index (κ1) is 19.7. The normalized spacial score (nSPS) is 17.3. The number of anilines is 3. The predicted octanol–water partition coefficient (Wildman–Crippen LogP) is 5.83. The van der Waals surface area contributed by atoms with Gasteiger partial charge in [0.1, 0.15) is 11.9 Å². The lowest BCUT2D eigenvalue weighted by atomic mass is 9.82. The molecule has 29 heavy (non-hydrogen) atoms. The summed E-state index contributed by atoms with van der Waals surface area (Å²) >= 11 is 0. The molecule has 5 heteroatoms. The Hall–Kier alpha value is -2.56. The van der Waals surface area contributed by atoms with Crippen LogP contribution in [0.2, 0.25) is 0 Å². The van der Waals surface area contributed by atoms with Crippen LogP contribution in [0.15, 0.2) is 24.3 Å². The molecule has 154 valence electrons. The zero-order chi connectivity index (χ0) is 20.5. The number of fused-ring (bicyclic) bond motifs is 1. The highest BCUT2D eigenvalue weighted by atomic mass is 16.6. The maximum absolute atomic E-state index is 12.4. The van der Waals surface area contributed by atoms with Gasteiger partial charge in [0.25, 0.3) is 0 Å². The molecule has 1 atom stereocenters. The Bertz CT molecular complexity index is 897. The van der Waals surface area contributed by atoms with Crippen LogP contribution in [0.1, 0.15) is 55.0 Å². The molecule has 1 unspecified atom stereocenters. The van der Waals surface area contributed by atoms with Gasteiger partial charge in [-0.2, -0.15) is 0 Å². The van der Waals surface area contributed by atoms with Crippen LogP contribution in [0.4, 0.5) is 22.0 Å². The summed E-state index contributed by atoms with van der Waals surface area (Å²) in [6.45, 7) is 9.03. The topological polar surface area (TPSA) is 54.5 Å². The van der Waals surface area contributed by atoms with E-state index in [9.17, 15) is 4.79 Å². The molecule has 2 aliphatic rings. The minimum absolute atomic E-state index is 0.0373. The molecule has 1 aromatic heterocycles. The Morgan fingerprint density at radius 2 is 2.00 bits per heavy atom. The number of nitrogens with zero attached hydrogens (tertiary/aromatic N) is 2. The van der Waals surface area contributed by atoms with Gasteiger partial charge >= 0.3 is 6.09 Å². The summed E-state index contributed by atoms with van der Waals surface area (Å²) in [4.78, 5) is 19.5. The van der Waals surface area contributed by atoms with Crippen LogP contribution in [-0.2, 0) is 11.2 Å². The van der Waals surface area contributed by atoms with E-state index in [0.717, 1.165) is 55.0 Å². The van der Waals surface area contributed by atoms with Crippen LogP contribution in [-0.4, -0.2) is 23.7 Å². The number of ether oxygens (including phenoxy) is 1. The zero-order valence-electron chi connectivity index (χ0n) is 17.9. The summed E-state index contributed by atoms with van der Waals surface area (Å²) in [5.74, 6) is 1.44. The van der Waals surface area contributed by atoms with Crippen LogP contribution in [0.25, 0.3) is 0 Å². The average molecular weight is 394 g/mol. The quantitative estimate of drug-likeness (QED) is 0.710. The number of hydrogen-bond acceptors (Lipinski definition) is 4. The first-order valence-corrected chi connectivity index (χ1v) is 10.8. The third kappa shape index (κ3) is 4.09. The van der Waals surface area contributed by atoms with Crippen molar-refractivity contribution in [3.8, 4) is 0 Å². The highest BCUT2D eigenvalue weighted by Crippen LogP contribution is 2.35. The third-order valence-electron chi connectivity index (χ3n) is 6.35. The standard InChI is InChI=1S/C24H31N3O2/c1-15-10-11-20-9-6-12-27(21(20)13-15)22-14-16(2)23(17(3)25-22)26-24(28)29-18(4)19-7-5-8-19/h10-11,13-14,18-19H,5-9,12H2,1-4H3,(H,26,28). The minimum Gasteiger partial charge on any atom is -0.446 e. The molecular formula is C24H31N3O2. The molecule has 1 saturated carbocycles. The van der Waals surface area contributed by atoms with Crippen LogP contribution in [0, 0.1) is 26.7 Å². The van der Waals surface area contributed by atoms with E-state index in [2.05, 4.69) is 41.4 Å². The van der Waals surface area contributed by atoms with Gasteiger partial charge in [-0.3, -0.25) is 5.32 Å². The fourth-order valence-electron chi connectivity index (χ4n) is 4.37. The number of aromatic nitrogens is 1. The molecule has 0 bridgehead atoms. The van der Waals surface area contributed by atoms with Gasteiger partial charge in [-0.05, 0) is 88.1 Å². The van der Waals surface area contributed by atoms with Crippen molar-refractivity contribution in [1.29, 1.82) is 0 Å². The third-order valence-corrected chi connectivity index (χ3v) is 6.35. The van der Waals surface area contributed by atoms with Crippen LogP contribution >= 0.6 is 0 Å². The van der Waals surface area contributed by atoms with E-state index in [1.807, 2.05) is 20.8 Å². The predicted molar refractivity (Wildman–Crippen MR) is 117 cm³/mol. The molecule has 1 aliphatic heterocycles. The van der Waals surface area contributed by atoms with E-state index < -0.39 is 0 Å². The number of benzene rings is 1. The number of amides is 1. The zero-order valence-corrected chi connectivity index (χ0v) is 17.9. The lowest BCUT2D eigenvalue weighted by molar-refractivity contribution is 0.0531. The SMILES string of the molecule is Cc1ccc2c(c1)N(c1cc(C)c(NC(=O)OC(C)C3CCC3)c(C)n1)CCC2. The molecule has 1 fully saturated rings. The Labute approximate surface area is 173 Å². The van der Waals surface area contributed by atoms with Gasteiger partial charge in [0.2, 0.25) is 0 Å². The van der Waals surface area contributed by atoms with Crippen LogP contribution in [0.3, 0.4) is 0 Å². The van der Waals surface area contributed by atoms with E-state index in [1.54, 1.807) is 0 Å². The summed E-state index contributed by atoms with van der Waals surface area (Å²) in [5, 5.41) is 2.93. The van der Waals surface area contributed by atoms with Crippen molar-refractivity contribution < 1.29 is 9.53 Å². The van der Waals surface area contributed by atoms with E-state index in [-0.39, 0.29) is 12.2 Å². The van der Waals surface area contributed by atoms with E-state index in [4.69, 9.17) is 9.72 Å². The van der Waals surface area contributed by atoms with Gasteiger partial charge < -0.3 is 9.64 Å². The fourth-order valence-corrected chi connectivity index (χ4v) is 4.37. The molecule has 1 aromatic carbocycles. The Morgan fingerprint density at radius 3 is 2.69 bits per heavy atom. The molecule has 2 aromatic rings. The molecule has 0 radical (unpaired) electrons. The number of nitrogens with one attached hydrogen (secondary N) is 1. The largest absolute Gasteiger partial charge is 0.446 e. The smallest absolute Gasteiger partial charge is 0.411 e. The number of rotatable bonds is 4.